The zero-order chi connectivity index (χ0) is 15.9. The zero-order valence-electron chi connectivity index (χ0n) is 11.0. The van der Waals surface area contributed by atoms with Crippen molar-refractivity contribution in [1.29, 1.82) is 0 Å². The van der Waals surface area contributed by atoms with Crippen molar-refractivity contribution in [2.45, 2.75) is 20.0 Å². The van der Waals surface area contributed by atoms with Gasteiger partial charge in [0, 0.05) is 0 Å². The molecule has 0 aliphatic carbocycles. The second-order valence-corrected chi connectivity index (χ2v) is 4.89. The summed E-state index contributed by atoms with van der Waals surface area (Å²) < 4.78 is 38.9. The van der Waals surface area contributed by atoms with E-state index in [2.05, 4.69) is 4.98 Å². The molecular formula is C13H10ClF3N2O2. The highest BCUT2D eigenvalue weighted by atomic mass is 35.5. The minimum Gasteiger partial charge on any atom is -0.297 e. The van der Waals surface area contributed by atoms with Gasteiger partial charge in [0.25, 0.3) is 5.56 Å². The van der Waals surface area contributed by atoms with Gasteiger partial charge in [0.15, 0.2) is 0 Å². The molecule has 0 saturated heterocycles. The highest BCUT2D eigenvalue weighted by Crippen LogP contribution is 2.31. The van der Waals surface area contributed by atoms with Crippen LogP contribution in [-0.4, -0.2) is 9.55 Å². The van der Waals surface area contributed by atoms with E-state index >= 15 is 0 Å². The van der Waals surface area contributed by atoms with Crippen LogP contribution in [0.25, 0.3) is 5.69 Å². The van der Waals surface area contributed by atoms with Crippen LogP contribution in [0.4, 0.5) is 13.2 Å². The van der Waals surface area contributed by atoms with E-state index in [1.807, 2.05) is 0 Å². The Balaban J connectivity index is 2.83. The lowest BCUT2D eigenvalue weighted by atomic mass is 10.1. The normalized spacial score (nSPS) is 11.7. The Morgan fingerprint density at radius 2 is 1.81 bits per heavy atom. The molecule has 0 radical (unpaired) electrons. The summed E-state index contributed by atoms with van der Waals surface area (Å²) in [6.45, 7) is 2.88. The third kappa shape index (κ3) is 2.73. The van der Waals surface area contributed by atoms with Gasteiger partial charge in [-0.2, -0.15) is 13.2 Å². The van der Waals surface area contributed by atoms with Crippen LogP contribution in [0, 0.1) is 13.8 Å². The van der Waals surface area contributed by atoms with Crippen LogP contribution >= 0.6 is 11.6 Å². The smallest absolute Gasteiger partial charge is 0.297 e. The lowest BCUT2D eigenvalue weighted by molar-refractivity contribution is -0.137. The summed E-state index contributed by atoms with van der Waals surface area (Å²) in [5.74, 6) is 0. The topological polar surface area (TPSA) is 54.9 Å². The van der Waals surface area contributed by atoms with Crippen molar-refractivity contribution in [2.24, 2.45) is 0 Å². The lowest BCUT2D eigenvalue weighted by Gasteiger charge is -2.13. The van der Waals surface area contributed by atoms with Crippen LogP contribution in [-0.2, 0) is 6.18 Å². The van der Waals surface area contributed by atoms with Crippen LogP contribution in [0.3, 0.4) is 0 Å². The van der Waals surface area contributed by atoms with Crippen molar-refractivity contribution < 1.29 is 13.2 Å². The average molecular weight is 319 g/mol. The van der Waals surface area contributed by atoms with Crippen molar-refractivity contribution in [3.63, 3.8) is 0 Å². The molecule has 1 heterocycles. The third-order valence-corrected chi connectivity index (χ3v) is 3.43. The SMILES string of the molecule is Cc1ccc(C(F)(F)F)cc1-n1c(=O)[nH]c(Cl)c(C)c1=O. The summed E-state index contributed by atoms with van der Waals surface area (Å²) in [4.78, 5) is 26.2. The van der Waals surface area contributed by atoms with Gasteiger partial charge in [0.2, 0.25) is 0 Å². The van der Waals surface area contributed by atoms with E-state index in [-0.39, 0.29) is 16.4 Å². The molecule has 0 spiro atoms. The highest BCUT2D eigenvalue weighted by Gasteiger charge is 2.31. The van der Waals surface area contributed by atoms with Gasteiger partial charge in [-0.1, -0.05) is 17.7 Å². The number of nitrogens with zero attached hydrogens (tertiary/aromatic N) is 1. The second-order valence-electron chi connectivity index (χ2n) is 4.51. The van der Waals surface area contributed by atoms with Crippen LogP contribution in [0.1, 0.15) is 16.7 Å². The molecule has 4 nitrogen and oxygen atoms in total. The Morgan fingerprint density at radius 1 is 1.19 bits per heavy atom. The monoisotopic (exact) mass is 318 g/mol. The summed E-state index contributed by atoms with van der Waals surface area (Å²) in [6.07, 6.45) is -4.57. The number of halogens is 4. The molecule has 0 atom stereocenters. The maximum absolute atomic E-state index is 12.8. The van der Waals surface area contributed by atoms with Crippen molar-refractivity contribution >= 4 is 11.6 Å². The Hall–Kier alpha value is -2.02. The van der Waals surface area contributed by atoms with Gasteiger partial charge in [-0.05, 0) is 31.5 Å². The average Bonchev–Trinajstić information content (AvgIpc) is 2.37. The summed E-state index contributed by atoms with van der Waals surface area (Å²) in [7, 11) is 0. The fourth-order valence-corrected chi connectivity index (χ4v) is 2.00. The molecule has 2 aromatic rings. The van der Waals surface area contributed by atoms with Crippen LogP contribution in [0.5, 0.6) is 0 Å². The molecule has 0 aliphatic heterocycles. The van der Waals surface area contributed by atoms with Gasteiger partial charge < -0.3 is 0 Å². The number of hydrogen-bond donors (Lipinski definition) is 1. The molecule has 0 saturated carbocycles. The van der Waals surface area contributed by atoms with E-state index in [4.69, 9.17) is 11.6 Å². The first-order valence-corrected chi connectivity index (χ1v) is 6.20. The van der Waals surface area contributed by atoms with Crippen molar-refractivity contribution in [2.75, 3.05) is 0 Å². The van der Waals surface area contributed by atoms with Gasteiger partial charge in [0.05, 0.1) is 16.8 Å². The first kappa shape index (κ1) is 15.4. The predicted octanol–water partition coefficient (Wildman–Crippen LogP) is 2.81. The molecule has 0 amide bonds. The Kier molecular flexibility index (Phi) is 3.71. The van der Waals surface area contributed by atoms with Crippen LogP contribution in [0.15, 0.2) is 27.8 Å². The van der Waals surface area contributed by atoms with E-state index < -0.39 is 23.0 Å². The standard InChI is InChI=1S/C13H10ClF3N2O2/c1-6-3-4-8(13(15,16)17)5-9(6)19-11(20)7(2)10(14)18-12(19)21/h3-5H,1-2H3,(H,18,21). The van der Waals surface area contributed by atoms with E-state index in [1.54, 1.807) is 0 Å². The highest BCUT2D eigenvalue weighted by molar-refractivity contribution is 6.30. The molecule has 8 heteroatoms. The van der Waals surface area contributed by atoms with Crippen molar-refractivity contribution in [3.8, 4) is 5.69 Å². The quantitative estimate of drug-likeness (QED) is 0.822. The number of aryl methyl sites for hydroxylation is 1. The first-order chi connectivity index (χ1) is 9.62. The van der Waals surface area contributed by atoms with Crippen molar-refractivity contribution in [3.05, 3.63) is 60.9 Å². The molecule has 1 aromatic carbocycles. The summed E-state index contributed by atoms with van der Waals surface area (Å²) in [5.41, 5.74) is -2.31. The number of benzene rings is 1. The lowest BCUT2D eigenvalue weighted by Crippen LogP contribution is -2.35. The zero-order valence-corrected chi connectivity index (χ0v) is 11.8. The van der Waals surface area contributed by atoms with E-state index in [9.17, 15) is 22.8 Å². The Bertz CT molecular complexity index is 822. The molecule has 1 N–H and O–H groups in total. The van der Waals surface area contributed by atoms with Gasteiger partial charge >= 0.3 is 11.9 Å². The summed E-state index contributed by atoms with van der Waals surface area (Å²) >= 11 is 5.67. The molecule has 0 bridgehead atoms. The molecular weight excluding hydrogens is 309 g/mol. The van der Waals surface area contributed by atoms with E-state index in [0.717, 1.165) is 12.1 Å². The minimum atomic E-state index is -4.57. The van der Waals surface area contributed by atoms with Gasteiger partial charge in [-0.3, -0.25) is 9.78 Å². The fraction of sp³-hybridized carbons (Fsp3) is 0.231. The largest absolute Gasteiger partial charge is 0.416 e. The number of aromatic amines is 1. The van der Waals surface area contributed by atoms with Crippen LogP contribution in [0.2, 0.25) is 5.15 Å². The van der Waals surface area contributed by atoms with Gasteiger partial charge in [-0.25, -0.2) is 9.36 Å². The summed E-state index contributed by atoms with van der Waals surface area (Å²) in [5, 5.41) is -0.133. The van der Waals surface area contributed by atoms with Gasteiger partial charge in [0.1, 0.15) is 5.15 Å². The van der Waals surface area contributed by atoms with Crippen molar-refractivity contribution in [1.82, 2.24) is 9.55 Å². The molecule has 0 fully saturated rings. The molecule has 1 aromatic heterocycles. The Labute approximate surface area is 121 Å². The minimum absolute atomic E-state index is 0.0491. The fourth-order valence-electron chi connectivity index (χ4n) is 1.84. The molecule has 112 valence electrons. The second kappa shape index (κ2) is 5.07. The first-order valence-electron chi connectivity index (χ1n) is 5.82. The number of nitrogens with one attached hydrogen (secondary N) is 1. The molecule has 21 heavy (non-hydrogen) atoms. The van der Waals surface area contributed by atoms with Gasteiger partial charge in [-0.15, -0.1) is 0 Å². The van der Waals surface area contributed by atoms with Crippen LogP contribution < -0.4 is 11.2 Å². The number of alkyl halides is 3. The molecule has 0 unspecified atom stereocenters. The third-order valence-electron chi connectivity index (χ3n) is 3.05. The maximum atomic E-state index is 12.8. The number of aromatic nitrogens is 2. The molecule has 0 aliphatic rings. The predicted molar refractivity (Wildman–Crippen MR) is 72.1 cm³/mol. The van der Waals surface area contributed by atoms with E-state index in [1.165, 1.54) is 19.9 Å². The maximum Gasteiger partial charge on any atom is 0.416 e. The molecule has 2 rings (SSSR count). The van der Waals surface area contributed by atoms with E-state index in [0.29, 0.717) is 10.1 Å². The summed E-state index contributed by atoms with van der Waals surface area (Å²) in [6, 6.07) is 2.86. The number of rotatable bonds is 1. The Morgan fingerprint density at radius 3 is 2.38 bits per heavy atom. The number of H-pyrrole nitrogens is 1. The number of hydrogen-bond acceptors (Lipinski definition) is 2.